The van der Waals surface area contributed by atoms with E-state index in [2.05, 4.69) is 0 Å². The SMILES string of the molecule is CN(Cc1ccc(N(C)C)cc1)C(=O)COC(=O)c1ccccc1OCc1ccc(F)cc1. The Morgan fingerprint density at radius 1 is 0.848 bits per heavy atom. The second kappa shape index (κ2) is 11.1. The normalized spacial score (nSPS) is 10.4. The number of benzene rings is 3. The fourth-order valence-electron chi connectivity index (χ4n) is 3.08. The van der Waals surface area contributed by atoms with Gasteiger partial charge in [-0.25, -0.2) is 9.18 Å². The first-order valence-electron chi connectivity index (χ1n) is 10.5. The summed E-state index contributed by atoms with van der Waals surface area (Å²) in [6.45, 7) is 0.192. The molecule has 0 N–H and O–H groups in total. The summed E-state index contributed by atoms with van der Waals surface area (Å²) in [7, 11) is 5.59. The smallest absolute Gasteiger partial charge is 0.342 e. The van der Waals surface area contributed by atoms with Crippen LogP contribution in [0, 0.1) is 5.82 Å². The lowest BCUT2D eigenvalue weighted by atomic mass is 10.2. The molecular formula is C26H27FN2O4. The molecule has 3 aromatic rings. The predicted octanol–water partition coefficient (Wildman–Crippen LogP) is 4.29. The zero-order valence-electron chi connectivity index (χ0n) is 19.0. The number of esters is 1. The Morgan fingerprint density at radius 3 is 2.15 bits per heavy atom. The molecule has 0 fully saturated rings. The van der Waals surface area contributed by atoms with Crippen LogP contribution in [0.15, 0.2) is 72.8 Å². The predicted molar refractivity (Wildman–Crippen MR) is 125 cm³/mol. The Kier molecular flexibility index (Phi) is 8.02. The Labute approximate surface area is 193 Å². The highest BCUT2D eigenvalue weighted by atomic mass is 19.1. The van der Waals surface area contributed by atoms with E-state index in [1.807, 2.05) is 43.3 Å². The van der Waals surface area contributed by atoms with Gasteiger partial charge in [-0.05, 0) is 47.5 Å². The van der Waals surface area contributed by atoms with Crippen molar-refractivity contribution in [2.45, 2.75) is 13.2 Å². The Morgan fingerprint density at radius 2 is 1.48 bits per heavy atom. The van der Waals surface area contributed by atoms with E-state index in [4.69, 9.17) is 9.47 Å². The number of amides is 1. The standard InChI is InChI=1S/C26H27FN2O4/c1-28(2)22-14-10-19(11-15-22)16-29(3)25(30)18-33-26(31)23-6-4-5-7-24(23)32-17-20-8-12-21(27)13-9-20/h4-15H,16-18H2,1-3H3. The number of para-hydroxylation sites is 1. The zero-order valence-corrected chi connectivity index (χ0v) is 19.0. The average Bonchev–Trinajstić information content (AvgIpc) is 2.82. The molecule has 6 nitrogen and oxygen atoms in total. The van der Waals surface area contributed by atoms with Crippen molar-refractivity contribution < 1.29 is 23.5 Å². The molecule has 0 aromatic heterocycles. The van der Waals surface area contributed by atoms with Crippen molar-refractivity contribution in [3.8, 4) is 5.75 Å². The molecule has 172 valence electrons. The van der Waals surface area contributed by atoms with Gasteiger partial charge in [0.15, 0.2) is 6.61 Å². The van der Waals surface area contributed by atoms with Crippen LogP contribution < -0.4 is 9.64 Å². The summed E-state index contributed by atoms with van der Waals surface area (Å²) in [5, 5.41) is 0. The third kappa shape index (κ3) is 6.80. The summed E-state index contributed by atoms with van der Waals surface area (Å²) in [6.07, 6.45) is 0. The van der Waals surface area contributed by atoms with Gasteiger partial charge in [0.1, 0.15) is 23.7 Å². The van der Waals surface area contributed by atoms with Gasteiger partial charge < -0.3 is 19.3 Å². The van der Waals surface area contributed by atoms with Gasteiger partial charge in [-0.15, -0.1) is 0 Å². The van der Waals surface area contributed by atoms with Gasteiger partial charge in [0.05, 0.1) is 0 Å². The maximum Gasteiger partial charge on any atom is 0.342 e. The van der Waals surface area contributed by atoms with Crippen molar-refractivity contribution >= 4 is 17.6 Å². The molecule has 0 bridgehead atoms. The van der Waals surface area contributed by atoms with E-state index in [0.29, 0.717) is 12.3 Å². The summed E-state index contributed by atoms with van der Waals surface area (Å²) in [5.74, 6) is -0.969. The highest BCUT2D eigenvalue weighted by molar-refractivity contribution is 5.94. The number of hydrogen-bond donors (Lipinski definition) is 0. The molecule has 0 aliphatic heterocycles. The lowest BCUT2D eigenvalue weighted by Gasteiger charge is -2.18. The van der Waals surface area contributed by atoms with Crippen LogP contribution in [0.25, 0.3) is 0 Å². The van der Waals surface area contributed by atoms with Gasteiger partial charge in [0.2, 0.25) is 0 Å². The minimum atomic E-state index is -0.651. The van der Waals surface area contributed by atoms with E-state index in [1.54, 1.807) is 43.4 Å². The Bertz CT molecular complexity index is 1080. The zero-order chi connectivity index (χ0) is 23.8. The van der Waals surface area contributed by atoms with Crippen molar-refractivity contribution in [1.82, 2.24) is 4.90 Å². The third-order valence-electron chi connectivity index (χ3n) is 5.04. The molecule has 0 aliphatic carbocycles. The molecule has 3 rings (SSSR count). The Balaban J connectivity index is 1.54. The second-order valence-corrected chi connectivity index (χ2v) is 7.80. The lowest BCUT2D eigenvalue weighted by molar-refractivity contribution is -0.133. The van der Waals surface area contributed by atoms with Gasteiger partial charge in [-0.3, -0.25) is 4.79 Å². The number of hydrogen-bond acceptors (Lipinski definition) is 5. The van der Waals surface area contributed by atoms with Gasteiger partial charge in [0, 0.05) is 33.4 Å². The molecular weight excluding hydrogens is 423 g/mol. The minimum absolute atomic E-state index is 0.166. The van der Waals surface area contributed by atoms with Crippen LogP contribution in [-0.2, 0) is 22.7 Å². The molecule has 0 radical (unpaired) electrons. The number of ether oxygens (including phenoxy) is 2. The monoisotopic (exact) mass is 450 g/mol. The highest BCUT2D eigenvalue weighted by Crippen LogP contribution is 2.21. The largest absolute Gasteiger partial charge is 0.488 e. The molecule has 0 unspecified atom stereocenters. The highest BCUT2D eigenvalue weighted by Gasteiger charge is 2.17. The first-order valence-corrected chi connectivity index (χ1v) is 10.5. The van der Waals surface area contributed by atoms with Crippen LogP contribution >= 0.6 is 0 Å². The van der Waals surface area contributed by atoms with E-state index in [-0.39, 0.29) is 30.5 Å². The van der Waals surface area contributed by atoms with Gasteiger partial charge >= 0.3 is 5.97 Å². The fourth-order valence-corrected chi connectivity index (χ4v) is 3.08. The van der Waals surface area contributed by atoms with E-state index < -0.39 is 5.97 Å². The van der Waals surface area contributed by atoms with Crippen LogP contribution in [-0.4, -0.2) is 44.5 Å². The number of halogens is 1. The number of carbonyl (C=O) groups is 2. The summed E-state index contributed by atoms with van der Waals surface area (Å²) in [5.41, 5.74) is 3.02. The first-order chi connectivity index (χ1) is 15.8. The average molecular weight is 451 g/mol. The molecule has 0 heterocycles. The molecule has 0 saturated heterocycles. The maximum atomic E-state index is 13.1. The molecule has 33 heavy (non-hydrogen) atoms. The van der Waals surface area contributed by atoms with E-state index in [9.17, 15) is 14.0 Å². The summed E-state index contributed by atoms with van der Waals surface area (Å²) >= 11 is 0. The number of anilines is 1. The second-order valence-electron chi connectivity index (χ2n) is 7.80. The summed E-state index contributed by atoms with van der Waals surface area (Å²) in [6, 6.07) is 20.4. The van der Waals surface area contributed by atoms with Crippen LogP contribution in [0.4, 0.5) is 10.1 Å². The van der Waals surface area contributed by atoms with Gasteiger partial charge in [0.25, 0.3) is 5.91 Å². The summed E-state index contributed by atoms with van der Waals surface area (Å²) < 4.78 is 24.0. The number of nitrogens with zero attached hydrogens (tertiary/aromatic N) is 2. The lowest BCUT2D eigenvalue weighted by Crippen LogP contribution is -2.30. The molecule has 1 amide bonds. The molecule has 0 aliphatic rings. The fraction of sp³-hybridized carbons (Fsp3) is 0.231. The van der Waals surface area contributed by atoms with Gasteiger partial charge in [-0.2, -0.15) is 0 Å². The summed E-state index contributed by atoms with van der Waals surface area (Å²) in [4.78, 5) is 28.5. The van der Waals surface area contributed by atoms with E-state index in [1.165, 1.54) is 17.0 Å². The van der Waals surface area contributed by atoms with E-state index in [0.717, 1.165) is 16.8 Å². The van der Waals surface area contributed by atoms with Crippen LogP contribution in [0.3, 0.4) is 0 Å². The quantitative estimate of drug-likeness (QED) is 0.456. The molecule has 0 spiro atoms. The van der Waals surface area contributed by atoms with Crippen molar-refractivity contribution in [2.75, 3.05) is 32.6 Å². The topological polar surface area (TPSA) is 59.1 Å². The minimum Gasteiger partial charge on any atom is -0.488 e. The maximum absolute atomic E-state index is 13.1. The van der Waals surface area contributed by atoms with Crippen LogP contribution in [0.2, 0.25) is 0 Å². The van der Waals surface area contributed by atoms with Crippen molar-refractivity contribution in [2.24, 2.45) is 0 Å². The number of rotatable bonds is 9. The van der Waals surface area contributed by atoms with Crippen LogP contribution in [0.1, 0.15) is 21.5 Å². The first kappa shape index (κ1) is 23.8. The Hall–Kier alpha value is -3.87. The molecule has 0 atom stereocenters. The number of carbonyl (C=O) groups excluding carboxylic acids is 2. The third-order valence-corrected chi connectivity index (χ3v) is 5.04. The van der Waals surface area contributed by atoms with Crippen molar-refractivity contribution in [1.29, 1.82) is 0 Å². The van der Waals surface area contributed by atoms with Crippen molar-refractivity contribution in [3.63, 3.8) is 0 Å². The number of likely N-dealkylation sites (N-methyl/N-ethyl adjacent to an activating group) is 1. The molecule has 7 heteroatoms. The van der Waals surface area contributed by atoms with Crippen molar-refractivity contribution in [3.05, 3.63) is 95.3 Å². The molecule has 3 aromatic carbocycles. The van der Waals surface area contributed by atoms with Gasteiger partial charge in [-0.1, -0.05) is 36.4 Å². The van der Waals surface area contributed by atoms with Crippen LogP contribution in [0.5, 0.6) is 5.75 Å². The van der Waals surface area contributed by atoms with E-state index >= 15 is 0 Å². The molecule has 0 saturated carbocycles.